The lowest BCUT2D eigenvalue weighted by Crippen LogP contribution is -2.41. The average molecular weight is 380 g/mol. The molecule has 0 heterocycles. The van der Waals surface area contributed by atoms with Gasteiger partial charge >= 0.3 is 11.9 Å². The van der Waals surface area contributed by atoms with Crippen molar-refractivity contribution in [2.45, 2.75) is 23.8 Å². The summed E-state index contributed by atoms with van der Waals surface area (Å²) in [6, 6.07) is 4.33. The zero-order chi connectivity index (χ0) is 16.0. The molecule has 0 aliphatic heterocycles. The van der Waals surface area contributed by atoms with E-state index in [4.69, 9.17) is 5.11 Å². The molecule has 1 aromatic carbocycles. The van der Waals surface area contributed by atoms with Crippen molar-refractivity contribution in [2.24, 2.45) is 0 Å². The fraction of sp³-hybridized carbons (Fsp3) is 0.333. The average Bonchev–Trinajstić information content (AvgIpc) is 2.43. The zero-order valence-electron chi connectivity index (χ0n) is 11.1. The monoisotopic (exact) mass is 379 g/mol. The number of hydrogen-bond donors (Lipinski definition) is 2. The molecule has 1 rings (SSSR count). The minimum Gasteiger partial charge on any atom is -0.480 e. The first-order valence-electron chi connectivity index (χ1n) is 5.84. The van der Waals surface area contributed by atoms with E-state index in [0.29, 0.717) is 4.47 Å². The Morgan fingerprint density at radius 1 is 1.33 bits per heavy atom. The van der Waals surface area contributed by atoms with Gasteiger partial charge in [0.2, 0.25) is 10.0 Å². The Hall–Kier alpha value is -1.45. The third kappa shape index (κ3) is 5.44. The van der Waals surface area contributed by atoms with Crippen LogP contribution in [0.5, 0.6) is 0 Å². The van der Waals surface area contributed by atoms with Crippen molar-refractivity contribution in [2.75, 3.05) is 7.11 Å². The van der Waals surface area contributed by atoms with E-state index >= 15 is 0 Å². The van der Waals surface area contributed by atoms with Crippen LogP contribution in [0.15, 0.2) is 33.6 Å². The number of halogens is 1. The van der Waals surface area contributed by atoms with Gasteiger partial charge in [0.25, 0.3) is 0 Å². The predicted molar refractivity (Wildman–Crippen MR) is 77.1 cm³/mol. The Balaban J connectivity index is 2.84. The molecule has 0 amide bonds. The van der Waals surface area contributed by atoms with Gasteiger partial charge in [0, 0.05) is 10.9 Å². The Morgan fingerprint density at radius 3 is 2.38 bits per heavy atom. The number of esters is 1. The van der Waals surface area contributed by atoms with Gasteiger partial charge in [0.1, 0.15) is 6.04 Å². The van der Waals surface area contributed by atoms with Gasteiger partial charge in [-0.2, -0.15) is 4.72 Å². The summed E-state index contributed by atoms with van der Waals surface area (Å²) in [5, 5.41) is 9.03. The number of sulfonamides is 1. The summed E-state index contributed by atoms with van der Waals surface area (Å²) in [6.45, 7) is 0. The van der Waals surface area contributed by atoms with Gasteiger partial charge in [-0.05, 0) is 30.7 Å². The molecule has 1 atom stereocenters. The van der Waals surface area contributed by atoms with Gasteiger partial charge in [0.15, 0.2) is 0 Å². The summed E-state index contributed by atoms with van der Waals surface area (Å²) in [5.41, 5.74) is 0. The summed E-state index contributed by atoms with van der Waals surface area (Å²) >= 11 is 3.17. The molecule has 0 saturated carbocycles. The maximum Gasteiger partial charge on any atom is 0.321 e. The van der Waals surface area contributed by atoms with E-state index < -0.39 is 28.0 Å². The number of hydrogen-bond acceptors (Lipinski definition) is 5. The van der Waals surface area contributed by atoms with Crippen molar-refractivity contribution < 1.29 is 27.9 Å². The summed E-state index contributed by atoms with van der Waals surface area (Å²) in [5.74, 6) is -1.97. The number of carbonyl (C=O) groups is 2. The molecule has 0 spiro atoms. The standard InChI is InChI=1S/C12H14BrNO6S/c1-20-11(15)7-6-10(12(16)17)14-21(18,19)9-4-2-8(13)3-5-9/h2-5,10,14H,6-7H2,1H3,(H,16,17)/t10-/m0/s1. The lowest BCUT2D eigenvalue weighted by molar-refractivity contribution is -0.142. The second-order valence-electron chi connectivity index (χ2n) is 4.08. The van der Waals surface area contributed by atoms with Crippen molar-refractivity contribution in [1.82, 2.24) is 4.72 Å². The van der Waals surface area contributed by atoms with E-state index in [-0.39, 0.29) is 17.7 Å². The third-order valence-corrected chi connectivity index (χ3v) is 4.60. The number of methoxy groups -OCH3 is 1. The van der Waals surface area contributed by atoms with Crippen molar-refractivity contribution in [1.29, 1.82) is 0 Å². The molecule has 0 radical (unpaired) electrons. The van der Waals surface area contributed by atoms with E-state index in [1.807, 2.05) is 0 Å². The molecule has 0 fully saturated rings. The van der Waals surface area contributed by atoms with Crippen LogP contribution in [0.25, 0.3) is 0 Å². The van der Waals surface area contributed by atoms with Crippen molar-refractivity contribution in [3.8, 4) is 0 Å². The maximum absolute atomic E-state index is 12.1. The van der Waals surface area contributed by atoms with E-state index in [9.17, 15) is 18.0 Å². The third-order valence-electron chi connectivity index (χ3n) is 2.58. The second kappa shape index (κ2) is 7.53. The highest BCUT2D eigenvalue weighted by atomic mass is 79.9. The molecule has 1 aromatic rings. The number of carbonyl (C=O) groups excluding carboxylic acids is 1. The molecule has 0 aliphatic carbocycles. The van der Waals surface area contributed by atoms with Gasteiger partial charge in [-0.1, -0.05) is 15.9 Å². The van der Waals surface area contributed by atoms with Crippen molar-refractivity contribution in [3.05, 3.63) is 28.7 Å². The largest absolute Gasteiger partial charge is 0.480 e. The number of rotatable bonds is 7. The number of nitrogens with one attached hydrogen (secondary N) is 1. The molecule has 116 valence electrons. The molecule has 0 bridgehead atoms. The predicted octanol–water partition coefficient (Wildman–Crippen LogP) is 1.13. The van der Waals surface area contributed by atoms with Gasteiger partial charge < -0.3 is 9.84 Å². The Labute approximate surface area is 130 Å². The smallest absolute Gasteiger partial charge is 0.321 e. The summed E-state index contributed by atoms with van der Waals surface area (Å²) < 4.78 is 31.3. The van der Waals surface area contributed by atoms with Gasteiger partial charge in [0.05, 0.1) is 12.0 Å². The topological polar surface area (TPSA) is 110 Å². The van der Waals surface area contributed by atoms with Crippen LogP contribution in [-0.4, -0.2) is 38.6 Å². The molecule has 0 unspecified atom stereocenters. The second-order valence-corrected chi connectivity index (χ2v) is 6.71. The molecule has 21 heavy (non-hydrogen) atoms. The minimum atomic E-state index is -3.98. The maximum atomic E-state index is 12.1. The first-order chi connectivity index (χ1) is 9.76. The molecule has 0 aliphatic rings. The van der Waals surface area contributed by atoms with Gasteiger partial charge in [-0.3, -0.25) is 9.59 Å². The lowest BCUT2D eigenvalue weighted by Gasteiger charge is -2.14. The SMILES string of the molecule is COC(=O)CC[C@H](NS(=O)(=O)c1ccc(Br)cc1)C(=O)O. The Kier molecular flexibility index (Phi) is 6.31. The highest BCUT2D eigenvalue weighted by Gasteiger charge is 2.26. The zero-order valence-corrected chi connectivity index (χ0v) is 13.5. The summed E-state index contributed by atoms with van der Waals surface area (Å²) in [6.07, 6.45) is -0.395. The number of carboxylic acid groups (broad SMARTS) is 1. The van der Waals surface area contributed by atoms with E-state index in [2.05, 4.69) is 25.4 Å². The first-order valence-corrected chi connectivity index (χ1v) is 8.11. The molecule has 0 saturated heterocycles. The van der Waals surface area contributed by atoms with E-state index in [1.54, 1.807) is 0 Å². The Bertz CT molecular complexity index is 613. The highest BCUT2D eigenvalue weighted by molar-refractivity contribution is 9.10. The van der Waals surface area contributed by atoms with Crippen molar-refractivity contribution in [3.63, 3.8) is 0 Å². The summed E-state index contributed by atoms with van der Waals surface area (Å²) in [7, 11) is -2.81. The first kappa shape index (κ1) is 17.6. The highest BCUT2D eigenvalue weighted by Crippen LogP contribution is 2.15. The van der Waals surface area contributed by atoms with Crippen LogP contribution in [0.4, 0.5) is 0 Å². The fourth-order valence-corrected chi connectivity index (χ4v) is 2.95. The fourth-order valence-electron chi connectivity index (χ4n) is 1.47. The quantitative estimate of drug-likeness (QED) is 0.687. The minimum absolute atomic E-state index is 0.0602. The molecule has 2 N–H and O–H groups in total. The van der Waals surface area contributed by atoms with Crippen LogP contribution >= 0.6 is 15.9 Å². The molecule has 7 nitrogen and oxygen atoms in total. The molecule has 0 aromatic heterocycles. The van der Waals surface area contributed by atoms with Gasteiger partial charge in [-0.15, -0.1) is 0 Å². The van der Waals surface area contributed by atoms with E-state index in [0.717, 1.165) is 0 Å². The van der Waals surface area contributed by atoms with Crippen molar-refractivity contribution >= 4 is 37.9 Å². The molecular formula is C12H14BrNO6S. The number of aliphatic carboxylic acids is 1. The van der Waals surface area contributed by atoms with Crippen LogP contribution in [-0.2, 0) is 24.3 Å². The van der Waals surface area contributed by atoms with Crippen LogP contribution in [0.1, 0.15) is 12.8 Å². The number of ether oxygens (including phenoxy) is 1. The number of benzene rings is 1. The van der Waals surface area contributed by atoms with Crippen LogP contribution < -0.4 is 4.72 Å². The van der Waals surface area contributed by atoms with Gasteiger partial charge in [-0.25, -0.2) is 8.42 Å². The molecule has 9 heteroatoms. The Morgan fingerprint density at radius 2 is 1.90 bits per heavy atom. The normalized spacial score (nSPS) is 12.7. The van der Waals surface area contributed by atoms with Crippen LogP contribution in [0, 0.1) is 0 Å². The van der Waals surface area contributed by atoms with Crippen LogP contribution in [0.3, 0.4) is 0 Å². The lowest BCUT2D eigenvalue weighted by atomic mass is 10.2. The molecular weight excluding hydrogens is 366 g/mol. The number of carboxylic acids is 1. The van der Waals surface area contributed by atoms with Crippen LogP contribution in [0.2, 0.25) is 0 Å². The summed E-state index contributed by atoms with van der Waals surface area (Å²) in [4.78, 5) is 22.0. The van der Waals surface area contributed by atoms with E-state index in [1.165, 1.54) is 31.4 Å².